The summed E-state index contributed by atoms with van der Waals surface area (Å²) in [6.45, 7) is 7.71. The second-order valence-electron chi connectivity index (χ2n) is 5.24. The first kappa shape index (κ1) is 20.3. The van der Waals surface area contributed by atoms with Gasteiger partial charge in [0.25, 0.3) is 0 Å². The fourth-order valence-electron chi connectivity index (χ4n) is 2.45. The molecule has 0 aromatic heterocycles. The number of nitrogens with one attached hydrogen (secondary N) is 1. The van der Waals surface area contributed by atoms with Crippen LogP contribution in [0, 0.1) is 6.92 Å². The maximum absolute atomic E-state index is 6.07. The Morgan fingerprint density at radius 1 is 1.00 bits per heavy atom. The van der Waals surface area contributed by atoms with Crippen molar-refractivity contribution < 1.29 is 9.47 Å². The van der Waals surface area contributed by atoms with Gasteiger partial charge in [0, 0.05) is 11.6 Å². The van der Waals surface area contributed by atoms with Crippen LogP contribution >= 0.6 is 11.6 Å². The van der Waals surface area contributed by atoms with E-state index in [9.17, 15) is 0 Å². The molecule has 0 spiro atoms. The highest BCUT2D eigenvalue weighted by atomic mass is 35.5. The van der Waals surface area contributed by atoms with E-state index in [4.69, 9.17) is 21.1 Å². The molecule has 2 rings (SSSR count). The lowest BCUT2D eigenvalue weighted by molar-refractivity contribution is 0.398. The van der Waals surface area contributed by atoms with Crippen LogP contribution in [-0.4, -0.2) is 20.8 Å². The molecule has 0 amide bonds. The molecule has 2 aromatic rings. The van der Waals surface area contributed by atoms with Gasteiger partial charge in [-0.05, 0) is 66.9 Å². The highest BCUT2D eigenvalue weighted by Crippen LogP contribution is 2.24. The third-order valence-electron chi connectivity index (χ3n) is 3.49. The zero-order valence-electron chi connectivity index (χ0n) is 15.3. The number of hydrogen-bond acceptors (Lipinski definition) is 3. The van der Waals surface area contributed by atoms with Gasteiger partial charge in [0.05, 0.1) is 14.2 Å². The summed E-state index contributed by atoms with van der Waals surface area (Å²) in [6, 6.07) is 12.0. The van der Waals surface area contributed by atoms with Gasteiger partial charge >= 0.3 is 0 Å². The molecular weight excluding hydrogens is 322 g/mol. The highest BCUT2D eigenvalue weighted by Gasteiger charge is 2.05. The van der Waals surface area contributed by atoms with E-state index in [1.807, 2.05) is 44.2 Å². The first-order valence-corrected chi connectivity index (χ1v) is 8.68. The quantitative estimate of drug-likeness (QED) is 0.711. The maximum atomic E-state index is 6.07. The Morgan fingerprint density at radius 3 is 2.38 bits per heavy atom. The average Bonchev–Trinajstić information content (AvgIpc) is 2.59. The molecule has 0 heterocycles. The predicted octanol–water partition coefficient (Wildman–Crippen LogP) is 5.02. The summed E-state index contributed by atoms with van der Waals surface area (Å²) in [5.74, 6) is 1.74. The lowest BCUT2D eigenvalue weighted by atomic mass is 10.1. The Labute approximate surface area is 150 Å². The van der Waals surface area contributed by atoms with Crippen molar-refractivity contribution in [1.82, 2.24) is 5.32 Å². The van der Waals surface area contributed by atoms with E-state index in [1.54, 1.807) is 14.2 Å². The topological polar surface area (TPSA) is 30.5 Å². The minimum absolute atomic E-state index is 0.784. The number of ether oxygens (including phenoxy) is 2. The molecule has 0 saturated heterocycles. The minimum atomic E-state index is 0.784. The Bertz CT molecular complexity index is 609. The summed E-state index contributed by atoms with van der Waals surface area (Å²) in [7, 11) is 3.36. The molecule has 0 bridgehead atoms. The minimum Gasteiger partial charge on any atom is -0.497 e. The first-order valence-electron chi connectivity index (χ1n) is 8.30. The second kappa shape index (κ2) is 11.0. The van der Waals surface area contributed by atoms with Crippen LogP contribution in [0.15, 0.2) is 36.4 Å². The van der Waals surface area contributed by atoms with Crippen LogP contribution in [0.2, 0.25) is 5.02 Å². The molecule has 0 radical (unpaired) electrons. The fourth-order valence-corrected chi connectivity index (χ4v) is 2.76. The zero-order valence-corrected chi connectivity index (χ0v) is 16.0. The number of hydrogen-bond donors (Lipinski definition) is 1. The van der Waals surface area contributed by atoms with E-state index in [2.05, 4.69) is 18.3 Å². The molecule has 0 unspecified atom stereocenters. The van der Waals surface area contributed by atoms with Crippen LogP contribution in [0.5, 0.6) is 11.5 Å². The smallest absolute Gasteiger partial charge is 0.122 e. The SMILES string of the molecule is CC.COc1ccc(OC)c(CCNCc2cc(C)cc(Cl)c2)c1. The summed E-state index contributed by atoms with van der Waals surface area (Å²) < 4.78 is 10.7. The molecule has 0 fully saturated rings. The van der Waals surface area contributed by atoms with Crippen molar-refractivity contribution in [3.05, 3.63) is 58.1 Å². The standard InChI is InChI=1S/C18H22ClNO2.C2H6/c1-13-8-14(10-16(19)9-13)12-20-7-6-15-11-17(21-2)4-5-18(15)22-3;1-2/h4-5,8-11,20H,6-7,12H2,1-3H3;1-2H3. The van der Waals surface area contributed by atoms with Gasteiger partial charge in [-0.3, -0.25) is 0 Å². The van der Waals surface area contributed by atoms with Crippen LogP contribution in [0.25, 0.3) is 0 Å². The van der Waals surface area contributed by atoms with Crippen molar-refractivity contribution in [2.75, 3.05) is 20.8 Å². The number of aryl methyl sites for hydroxylation is 1. The van der Waals surface area contributed by atoms with Gasteiger partial charge in [-0.15, -0.1) is 0 Å². The van der Waals surface area contributed by atoms with Crippen molar-refractivity contribution in [1.29, 1.82) is 0 Å². The van der Waals surface area contributed by atoms with Gasteiger partial charge < -0.3 is 14.8 Å². The predicted molar refractivity (Wildman–Crippen MR) is 102 cm³/mol. The molecule has 0 aliphatic rings. The zero-order chi connectivity index (χ0) is 17.9. The van der Waals surface area contributed by atoms with E-state index in [0.717, 1.165) is 41.6 Å². The third-order valence-corrected chi connectivity index (χ3v) is 3.71. The number of benzene rings is 2. The third kappa shape index (κ3) is 6.42. The average molecular weight is 350 g/mol. The number of methoxy groups -OCH3 is 2. The van der Waals surface area contributed by atoms with Crippen LogP contribution < -0.4 is 14.8 Å². The molecule has 2 aromatic carbocycles. The monoisotopic (exact) mass is 349 g/mol. The largest absolute Gasteiger partial charge is 0.497 e. The van der Waals surface area contributed by atoms with Crippen molar-refractivity contribution in [3.63, 3.8) is 0 Å². The van der Waals surface area contributed by atoms with E-state index in [0.29, 0.717) is 0 Å². The van der Waals surface area contributed by atoms with Crippen molar-refractivity contribution in [2.24, 2.45) is 0 Å². The summed E-state index contributed by atoms with van der Waals surface area (Å²) in [6.07, 6.45) is 0.875. The summed E-state index contributed by atoms with van der Waals surface area (Å²) >= 11 is 6.07. The van der Waals surface area contributed by atoms with E-state index < -0.39 is 0 Å². The number of halogens is 1. The lowest BCUT2D eigenvalue weighted by Crippen LogP contribution is -2.17. The van der Waals surface area contributed by atoms with E-state index in [-0.39, 0.29) is 0 Å². The second-order valence-corrected chi connectivity index (χ2v) is 5.68. The van der Waals surface area contributed by atoms with Crippen LogP contribution in [0.1, 0.15) is 30.5 Å². The van der Waals surface area contributed by atoms with Gasteiger partial charge in [-0.25, -0.2) is 0 Å². The molecule has 132 valence electrons. The Balaban J connectivity index is 0.00000139. The molecule has 24 heavy (non-hydrogen) atoms. The van der Waals surface area contributed by atoms with Gasteiger partial charge in [0.2, 0.25) is 0 Å². The van der Waals surface area contributed by atoms with Crippen molar-refractivity contribution in [3.8, 4) is 11.5 Å². The lowest BCUT2D eigenvalue weighted by Gasteiger charge is -2.11. The Morgan fingerprint density at radius 2 is 1.75 bits per heavy atom. The molecule has 0 aliphatic heterocycles. The molecule has 0 aliphatic carbocycles. The summed E-state index contributed by atoms with van der Waals surface area (Å²) in [5, 5.41) is 4.22. The molecular formula is C20H28ClNO2. The van der Waals surface area contributed by atoms with Gasteiger partial charge in [-0.2, -0.15) is 0 Å². The van der Waals surface area contributed by atoms with Gasteiger partial charge in [-0.1, -0.05) is 31.5 Å². The van der Waals surface area contributed by atoms with E-state index in [1.165, 1.54) is 11.1 Å². The molecule has 1 N–H and O–H groups in total. The highest BCUT2D eigenvalue weighted by molar-refractivity contribution is 6.30. The molecule has 4 heteroatoms. The van der Waals surface area contributed by atoms with Crippen LogP contribution in [-0.2, 0) is 13.0 Å². The Hall–Kier alpha value is -1.71. The van der Waals surface area contributed by atoms with Gasteiger partial charge in [0.1, 0.15) is 11.5 Å². The maximum Gasteiger partial charge on any atom is 0.122 e. The van der Waals surface area contributed by atoms with Gasteiger partial charge in [0.15, 0.2) is 0 Å². The molecule has 3 nitrogen and oxygen atoms in total. The first-order chi connectivity index (χ1) is 11.6. The fraction of sp³-hybridized carbons (Fsp3) is 0.400. The van der Waals surface area contributed by atoms with Crippen LogP contribution in [0.3, 0.4) is 0 Å². The van der Waals surface area contributed by atoms with Crippen LogP contribution in [0.4, 0.5) is 0 Å². The summed E-state index contributed by atoms with van der Waals surface area (Å²) in [5.41, 5.74) is 3.51. The number of rotatable bonds is 7. The van der Waals surface area contributed by atoms with Crippen molar-refractivity contribution in [2.45, 2.75) is 33.7 Å². The van der Waals surface area contributed by atoms with Crippen molar-refractivity contribution >= 4 is 11.6 Å². The van der Waals surface area contributed by atoms with E-state index >= 15 is 0 Å². The normalized spacial score (nSPS) is 9.92. The summed E-state index contributed by atoms with van der Waals surface area (Å²) in [4.78, 5) is 0. The molecule has 0 saturated carbocycles. The molecule has 0 atom stereocenters. The Kier molecular flexibility index (Phi) is 9.28.